The molecular weight excluding hydrogens is 523 g/mol. The van der Waals surface area contributed by atoms with E-state index in [4.69, 9.17) is 0 Å². The second-order valence-corrected chi connectivity index (χ2v) is 10.7. The Morgan fingerprint density at radius 3 is 1.24 bits per heavy atom. The molecular formula is C37H33FN2O2. The molecule has 4 nitrogen and oxygen atoms in total. The number of amides is 2. The Labute approximate surface area is 246 Å². The minimum Gasteiger partial charge on any atom is -0.322 e. The van der Waals surface area contributed by atoms with E-state index in [1.807, 2.05) is 76.2 Å². The highest BCUT2D eigenvalue weighted by atomic mass is 19.1. The summed E-state index contributed by atoms with van der Waals surface area (Å²) < 4.78 is 14.0. The maximum atomic E-state index is 14.0. The number of hydrogen-bond acceptors (Lipinski definition) is 2. The van der Waals surface area contributed by atoms with Gasteiger partial charge in [-0.05, 0) is 103 Å². The number of hydrogen-bond donors (Lipinski definition) is 2. The van der Waals surface area contributed by atoms with Gasteiger partial charge in [0.1, 0.15) is 5.82 Å². The van der Waals surface area contributed by atoms with Crippen LogP contribution in [0.3, 0.4) is 0 Å². The third-order valence-corrected chi connectivity index (χ3v) is 7.53. The van der Waals surface area contributed by atoms with Gasteiger partial charge >= 0.3 is 0 Å². The van der Waals surface area contributed by atoms with Crippen LogP contribution in [0.1, 0.15) is 65.6 Å². The number of benzene rings is 5. The van der Waals surface area contributed by atoms with Gasteiger partial charge in [0.15, 0.2) is 0 Å². The van der Waals surface area contributed by atoms with Crippen LogP contribution in [0, 0.1) is 33.5 Å². The molecule has 0 bridgehead atoms. The third-order valence-electron chi connectivity index (χ3n) is 7.53. The van der Waals surface area contributed by atoms with Crippen LogP contribution in [-0.2, 0) is 0 Å². The molecule has 210 valence electrons. The largest absolute Gasteiger partial charge is 0.322 e. The van der Waals surface area contributed by atoms with E-state index in [9.17, 15) is 14.0 Å². The fourth-order valence-electron chi connectivity index (χ4n) is 5.50. The van der Waals surface area contributed by atoms with Gasteiger partial charge in [-0.25, -0.2) is 4.39 Å². The molecule has 2 amide bonds. The molecule has 42 heavy (non-hydrogen) atoms. The zero-order valence-electron chi connectivity index (χ0n) is 24.2. The van der Waals surface area contributed by atoms with Crippen LogP contribution in [0.4, 0.5) is 15.8 Å². The predicted octanol–water partition coefficient (Wildman–Crippen LogP) is 8.74. The van der Waals surface area contributed by atoms with Crippen molar-refractivity contribution < 1.29 is 14.0 Å². The van der Waals surface area contributed by atoms with Crippen LogP contribution in [0.25, 0.3) is 0 Å². The Bertz CT molecular complexity index is 1590. The Hall–Kier alpha value is -5.03. The van der Waals surface area contributed by atoms with E-state index in [1.54, 1.807) is 24.3 Å². The first-order valence-corrected chi connectivity index (χ1v) is 13.9. The summed E-state index contributed by atoms with van der Waals surface area (Å²) in [6, 6.07) is 33.2. The van der Waals surface area contributed by atoms with E-state index in [-0.39, 0.29) is 23.5 Å². The topological polar surface area (TPSA) is 58.2 Å². The lowest BCUT2D eigenvalue weighted by Gasteiger charge is -2.24. The molecule has 2 N–H and O–H groups in total. The molecule has 0 aliphatic heterocycles. The third kappa shape index (κ3) is 6.16. The van der Waals surface area contributed by atoms with E-state index in [0.717, 1.165) is 50.3 Å². The highest BCUT2D eigenvalue weighted by Gasteiger charge is 2.22. The SMILES string of the molecule is Cc1cc(C(c2ccc(F)cc2)c2cc(C)c(NC(=O)c3ccccc3)c(C)c2)cc(C)c1NC(=O)c1ccccc1. The molecule has 0 saturated carbocycles. The molecule has 0 unspecified atom stereocenters. The fourth-order valence-corrected chi connectivity index (χ4v) is 5.50. The molecule has 0 saturated heterocycles. The lowest BCUT2D eigenvalue weighted by Crippen LogP contribution is -2.15. The molecule has 5 aromatic rings. The van der Waals surface area contributed by atoms with Gasteiger partial charge in [-0.1, -0.05) is 72.8 Å². The molecule has 0 spiro atoms. The van der Waals surface area contributed by atoms with E-state index >= 15 is 0 Å². The summed E-state index contributed by atoms with van der Waals surface area (Å²) >= 11 is 0. The highest BCUT2D eigenvalue weighted by molar-refractivity contribution is 6.05. The Morgan fingerprint density at radius 1 is 0.524 bits per heavy atom. The van der Waals surface area contributed by atoms with Crippen molar-refractivity contribution in [2.45, 2.75) is 33.6 Å². The van der Waals surface area contributed by atoms with Gasteiger partial charge < -0.3 is 10.6 Å². The summed E-state index contributed by atoms with van der Waals surface area (Å²) in [5.41, 5.74) is 9.45. The summed E-state index contributed by atoms with van der Waals surface area (Å²) in [4.78, 5) is 25.8. The monoisotopic (exact) mass is 556 g/mol. The standard InChI is InChI=1S/C37H33FN2O2/c1-23-19-30(20-24(2)34(23)39-36(41)28-11-7-5-8-12-28)33(27-15-17-32(38)18-16-27)31-21-25(3)35(26(4)22-31)40-37(42)29-13-9-6-10-14-29/h5-22,33H,1-4H3,(H,39,41)(H,40,42). The number of nitrogens with one attached hydrogen (secondary N) is 2. The van der Waals surface area contributed by atoms with Crippen molar-refractivity contribution in [3.63, 3.8) is 0 Å². The van der Waals surface area contributed by atoms with E-state index < -0.39 is 0 Å². The molecule has 0 aliphatic rings. The minimum atomic E-state index is -0.296. The van der Waals surface area contributed by atoms with Crippen LogP contribution in [0.15, 0.2) is 109 Å². The lowest BCUT2D eigenvalue weighted by molar-refractivity contribution is 0.101. The van der Waals surface area contributed by atoms with Crippen molar-refractivity contribution in [3.05, 3.63) is 165 Å². The lowest BCUT2D eigenvalue weighted by atomic mass is 9.82. The summed E-state index contributed by atoms with van der Waals surface area (Å²) in [6.45, 7) is 7.93. The summed E-state index contributed by atoms with van der Waals surface area (Å²) in [6.07, 6.45) is 0. The van der Waals surface area contributed by atoms with Gasteiger partial charge in [-0.3, -0.25) is 9.59 Å². The van der Waals surface area contributed by atoms with Gasteiger partial charge in [-0.2, -0.15) is 0 Å². The summed E-state index contributed by atoms with van der Waals surface area (Å²) in [5, 5.41) is 6.15. The van der Waals surface area contributed by atoms with Gasteiger partial charge in [-0.15, -0.1) is 0 Å². The first kappa shape index (κ1) is 28.5. The first-order chi connectivity index (χ1) is 20.2. The maximum Gasteiger partial charge on any atom is 0.255 e. The first-order valence-electron chi connectivity index (χ1n) is 13.9. The number of carbonyl (C=O) groups is 2. The molecule has 5 aromatic carbocycles. The Kier molecular flexibility index (Phi) is 8.30. The number of rotatable bonds is 7. The second-order valence-electron chi connectivity index (χ2n) is 10.7. The highest BCUT2D eigenvalue weighted by Crippen LogP contribution is 2.38. The molecule has 5 rings (SSSR count). The van der Waals surface area contributed by atoms with E-state index in [0.29, 0.717) is 11.1 Å². The summed E-state index contributed by atoms with van der Waals surface area (Å²) in [7, 11) is 0. The Balaban J connectivity index is 1.53. The number of carbonyl (C=O) groups excluding carboxylic acids is 2. The fraction of sp³-hybridized carbons (Fsp3) is 0.135. The van der Waals surface area contributed by atoms with Crippen LogP contribution >= 0.6 is 0 Å². The van der Waals surface area contributed by atoms with Crippen molar-refractivity contribution in [2.24, 2.45) is 0 Å². The van der Waals surface area contributed by atoms with Crippen molar-refractivity contribution in [1.82, 2.24) is 0 Å². The van der Waals surface area contributed by atoms with Gasteiger partial charge in [0.05, 0.1) is 0 Å². The Morgan fingerprint density at radius 2 is 0.881 bits per heavy atom. The molecule has 0 aromatic heterocycles. The molecule has 0 radical (unpaired) electrons. The van der Waals surface area contributed by atoms with Crippen molar-refractivity contribution in [1.29, 1.82) is 0 Å². The molecule has 0 atom stereocenters. The molecule has 0 aliphatic carbocycles. The van der Waals surface area contributed by atoms with Crippen molar-refractivity contribution >= 4 is 23.2 Å². The summed E-state index contributed by atoms with van der Waals surface area (Å²) in [5.74, 6) is -0.818. The molecule has 0 heterocycles. The average Bonchev–Trinajstić information content (AvgIpc) is 2.98. The zero-order valence-corrected chi connectivity index (χ0v) is 24.2. The van der Waals surface area contributed by atoms with Crippen LogP contribution in [0.5, 0.6) is 0 Å². The van der Waals surface area contributed by atoms with E-state index in [1.165, 1.54) is 12.1 Å². The van der Waals surface area contributed by atoms with Crippen LogP contribution < -0.4 is 10.6 Å². The van der Waals surface area contributed by atoms with Crippen LogP contribution in [0.2, 0.25) is 0 Å². The maximum absolute atomic E-state index is 14.0. The van der Waals surface area contributed by atoms with Gasteiger partial charge in [0, 0.05) is 28.4 Å². The zero-order chi connectivity index (χ0) is 29.8. The number of halogens is 1. The smallest absolute Gasteiger partial charge is 0.255 e. The van der Waals surface area contributed by atoms with Gasteiger partial charge in [0.25, 0.3) is 11.8 Å². The predicted molar refractivity (Wildman–Crippen MR) is 168 cm³/mol. The molecule has 5 heteroatoms. The van der Waals surface area contributed by atoms with Crippen molar-refractivity contribution in [3.8, 4) is 0 Å². The normalized spacial score (nSPS) is 10.9. The quantitative estimate of drug-likeness (QED) is 0.197. The van der Waals surface area contributed by atoms with Gasteiger partial charge in [0.2, 0.25) is 0 Å². The second kappa shape index (κ2) is 12.2. The number of anilines is 2. The number of aryl methyl sites for hydroxylation is 4. The average molecular weight is 557 g/mol. The minimum absolute atomic E-state index is 0.163. The van der Waals surface area contributed by atoms with Crippen molar-refractivity contribution in [2.75, 3.05) is 10.6 Å². The van der Waals surface area contributed by atoms with E-state index in [2.05, 4.69) is 34.9 Å². The molecule has 0 fully saturated rings. The van der Waals surface area contributed by atoms with Crippen LogP contribution in [-0.4, -0.2) is 11.8 Å².